The van der Waals surface area contributed by atoms with Crippen molar-refractivity contribution in [2.75, 3.05) is 20.8 Å². The van der Waals surface area contributed by atoms with Gasteiger partial charge in [-0.25, -0.2) is 9.79 Å². The van der Waals surface area contributed by atoms with Crippen LogP contribution in [0.25, 0.3) is 11.8 Å². The fourth-order valence-electron chi connectivity index (χ4n) is 5.53. The number of carbonyl (C=O) groups excluding carboxylic acids is 1. The molecule has 11 nitrogen and oxygen atoms in total. The van der Waals surface area contributed by atoms with Crippen LogP contribution in [0.15, 0.2) is 111 Å². The first kappa shape index (κ1) is 34.3. The molecule has 0 saturated heterocycles. The largest absolute Gasteiger partial charge is 0.493 e. The molecule has 0 spiro atoms. The van der Waals surface area contributed by atoms with E-state index in [1.807, 2.05) is 42.5 Å². The molecule has 50 heavy (non-hydrogen) atoms. The summed E-state index contributed by atoms with van der Waals surface area (Å²) in [6, 6.07) is 25.3. The van der Waals surface area contributed by atoms with E-state index in [1.54, 1.807) is 49.4 Å². The van der Waals surface area contributed by atoms with Crippen molar-refractivity contribution in [3.8, 4) is 17.2 Å². The second-order valence-electron chi connectivity index (χ2n) is 10.9. The SMILES string of the molecule is CCOC(=O)C1=C(c2ccccc2)N=c2s/c(=C\c3ccc(OCc4ccc([N+](=O)[O-])cc4)c(Br)c3)c(=O)n2[C@H]1c1ccc(OC)c(OC)c1. The van der Waals surface area contributed by atoms with Crippen LogP contribution in [-0.4, -0.2) is 36.3 Å². The zero-order chi connectivity index (χ0) is 35.4. The summed E-state index contributed by atoms with van der Waals surface area (Å²) >= 11 is 4.78. The maximum atomic E-state index is 14.3. The smallest absolute Gasteiger partial charge is 0.338 e. The third-order valence-electron chi connectivity index (χ3n) is 7.89. The number of esters is 1. The zero-order valence-electron chi connectivity index (χ0n) is 27.1. The average molecular weight is 757 g/mol. The van der Waals surface area contributed by atoms with Gasteiger partial charge in [0.1, 0.15) is 12.4 Å². The number of nitro groups is 1. The molecular weight excluding hydrogens is 726 g/mol. The van der Waals surface area contributed by atoms with Gasteiger partial charge in [0, 0.05) is 17.7 Å². The highest BCUT2D eigenvalue weighted by Crippen LogP contribution is 2.38. The molecule has 1 aliphatic rings. The fraction of sp³-hybridized carbons (Fsp3) is 0.162. The van der Waals surface area contributed by atoms with E-state index in [1.165, 1.54) is 42.3 Å². The third-order valence-corrected chi connectivity index (χ3v) is 9.49. The summed E-state index contributed by atoms with van der Waals surface area (Å²) in [7, 11) is 3.06. The number of ether oxygens (including phenoxy) is 4. The predicted octanol–water partition coefficient (Wildman–Crippen LogP) is 6.20. The van der Waals surface area contributed by atoms with Crippen molar-refractivity contribution < 1.29 is 28.7 Å². The lowest BCUT2D eigenvalue weighted by Crippen LogP contribution is -2.40. The van der Waals surface area contributed by atoms with Crippen molar-refractivity contribution in [2.45, 2.75) is 19.6 Å². The Bertz CT molecular complexity index is 2300. The van der Waals surface area contributed by atoms with Crippen LogP contribution in [-0.2, 0) is 16.1 Å². The Morgan fingerprint density at radius 1 is 0.980 bits per heavy atom. The first-order valence-corrected chi connectivity index (χ1v) is 17.0. The van der Waals surface area contributed by atoms with Crippen LogP contribution in [0, 0.1) is 10.1 Å². The number of methoxy groups -OCH3 is 2. The summed E-state index contributed by atoms with van der Waals surface area (Å²) in [5.74, 6) is 0.910. The molecule has 0 unspecified atom stereocenters. The highest BCUT2D eigenvalue weighted by atomic mass is 79.9. The predicted molar refractivity (Wildman–Crippen MR) is 192 cm³/mol. The van der Waals surface area contributed by atoms with E-state index >= 15 is 0 Å². The van der Waals surface area contributed by atoms with Gasteiger partial charge in [-0.05, 0) is 82.0 Å². The number of hydrogen-bond acceptors (Lipinski definition) is 10. The van der Waals surface area contributed by atoms with E-state index in [4.69, 9.17) is 23.9 Å². The lowest BCUT2D eigenvalue weighted by Gasteiger charge is -2.26. The Morgan fingerprint density at radius 3 is 2.36 bits per heavy atom. The van der Waals surface area contributed by atoms with Gasteiger partial charge in [-0.3, -0.25) is 19.5 Å². The van der Waals surface area contributed by atoms with Crippen molar-refractivity contribution >= 4 is 50.7 Å². The molecule has 5 aromatic rings. The van der Waals surface area contributed by atoms with Crippen LogP contribution in [0.5, 0.6) is 17.2 Å². The summed E-state index contributed by atoms with van der Waals surface area (Å²) in [5.41, 5.74) is 3.11. The van der Waals surface area contributed by atoms with Crippen molar-refractivity contribution in [3.63, 3.8) is 0 Å². The van der Waals surface area contributed by atoms with E-state index in [0.29, 0.717) is 47.9 Å². The zero-order valence-corrected chi connectivity index (χ0v) is 29.5. The first-order chi connectivity index (χ1) is 24.2. The first-order valence-electron chi connectivity index (χ1n) is 15.4. The average Bonchev–Trinajstić information content (AvgIpc) is 3.44. The molecule has 1 aromatic heterocycles. The molecule has 0 bridgehead atoms. The Morgan fingerprint density at radius 2 is 1.70 bits per heavy atom. The summed E-state index contributed by atoms with van der Waals surface area (Å²) in [6.07, 6.45) is 1.76. The minimum absolute atomic E-state index is 0.00742. The monoisotopic (exact) mass is 755 g/mol. The van der Waals surface area contributed by atoms with Crippen LogP contribution in [0.1, 0.15) is 35.2 Å². The number of non-ortho nitro benzene ring substituents is 1. The number of thiazole rings is 1. The number of rotatable bonds is 11. The maximum Gasteiger partial charge on any atom is 0.338 e. The minimum atomic E-state index is -0.885. The Balaban J connectivity index is 1.44. The van der Waals surface area contributed by atoms with Crippen LogP contribution in [0.4, 0.5) is 5.69 Å². The van der Waals surface area contributed by atoms with E-state index < -0.39 is 16.9 Å². The van der Waals surface area contributed by atoms with Gasteiger partial charge in [0.2, 0.25) is 0 Å². The molecule has 1 aliphatic heterocycles. The van der Waals surface area contributed by atoms with Crippen LogP contribution < -0.4 is 29.1 Å². The van der Waals surface area contributed by atoms with Crippen molar-refractivity contribution in [2.24, 2.45) is 4.99 Å². The fourth-order valence-corrected chi connectivity index (χ4v) is 7.04. The number of nitro benzene ring substituents is 1. The lowest BCUT2D eigenvalue weighted by molar-refractivity contribution is -0.384. The Hall–Kier alpha value is -5.53. The molecular formula is C37H30BrN3O8S. The topological polar surface area (TPSA) is 131 Å². The van der Waals surface area contributed by atoms with Gasteiger partial charge < -0.3 is 18.9 Å². The molecule has 0 N–H and O–H groups in total. The number of carbonyl (C=O) groups is 1. The number of aromatic nitrogens is 1. The van der Waals surface area contributed by atoms with Gasteiger partial charge in [0.15, 0.2) is 16.3 Å². The van der Waals surface area contributed by atoms with Gasteiger partial charge in [0.05, 0.1) is 52.1 Å². The van der Waals surface area contributed by atoms with Gasteiger partial charge in [-0.2, -0.15) is 0 Å². The number of nitrogens with zero attached hydrogens (tertiary/aromatic N) is 3. The van der Waals surface area contributed by atoms with E-state index in [2.05, 4.69) is 15.9 Å². The highest BCUT2D eigenvalue weighted by molar-refractivity contribution is 9.10. The van der Waals surface area contributed by atoms with E-state index in [-0.39, 0.29) is 30.0 Å². The molecule has 1 atom stereocenters. The quantitative estimate of drug-likeness (QED) is 0.0885. The molecule has 2 heterocycles. The summed E-state index contributed by atoms with van der Waals surface area (Å²) < 4.78 is 25.1. The molecule has 0 amide bonds. The van der Waals surface area contributed by atoms with Gasteiger partial charge >= 0.3 is 5.97 Å². The number of hydrogen-bond donors (Lipinski definition) is 0. The van der Waals surface area contributed by atoms with Crippen LogP contribution in [0.3, 0.4) is 0 Å². The van der Waals surface area contributed by atoms with Crippen molar-refractivity contribution in [3.05, 3.63) is 153 Å². The summed E-state index contributed by atoms with van der Waals surface area (Å²) in [4.78, 5) is 43.9. The number of fused-ring (bicyclic) bond motifs is 1. The maximum absolute atomic E-state index is 14.3. The molecule has 6 rings (SSSR count). The van der Waals surface area contributed by atoms with Gasteiger partial charge in [-0.15, -0.1) is 0 Å². The molecule has 0 saturated carbocycles. The number of benzene rings is 4. The highest BCUT2D eigenvalue weighted by Gasteiger charge is 2.35. The summed E-state index contributed by atoms with van der Waals surface area (Å²) in [6.45, 7) is 2.07. The Labute approximate surface area is 298 Å². The third kappa shape index (κ3) is 6.96. The minimum Gasteiger partial charge on any atom is -0.493 e. The normalized spacial score (nSPS) is 14.1. The summed E-state index contributed by atoms with van der Waals surface area (Å²) in [5, 5.41) is 11.0. The Kier molecular flexibility index (Phi) is 10.3. The molecule has 13 heteroatoms. The molecule has 0 radical (unpaired) electrons. The second kappa shape index (κ2) is 14.9. The van der Waals surface area contributed by atoms with Crippen molar-refractivity contribution in [1.82, 2.24) is 4.57 Å². The van der Waals surface area contributed by atoms with E-state index in [0.717, 1.165) is 11.1 Å². The number of halogens is 1. The molecule has 0 fully saturated rings. The van der Waals surface area contributed by atoms with E-state index in [9.17, 15) is 19.7 Å². The standard InChI is InChI=1S/C37H30BrN3O8S/c1-4-48-36(43)32-33(24-8-6-5-7-9-24)39-37-40(34(32)25-13-17-29(46-2)30(20-25)47-3)35(42)31(50-37)19-23-12-16-28(27(38)18-23)49-21-22-10-14-26(15-11-22)41(44)45/h5-20,34H,4,21H2,1-3H3/b31-19-/t34-/m0/s1. The molecule has 0 aliphatic carbocycles. The van der Waals surface area contributed by atoms with Crippen LogP contribution >= 0.6 is 27.3 Å². The van der Waals surface area contributed by atoms with Crippen LogP contribution in [0.2, 0.25) is 0 Å². The molecule has 254 valence electrons. The van der Waals surface area contributed by atoms with Gasteiger partial charge in [-0.1, -0.05) is 53.8 Å². The molecule has 4 aromatic carbocycles. The van der Waals surface area contributed by atoms with Crippen molar-refractivity contribution in [1.29, 1.82) is 0 Å². The lowest BCUT2D eigenvalue weighted by atomic mass is 9.93. The second-order valence-corrected chi connectivity index (χ2v) is 12.8. The van der Waals surface area contributed by atoms with Gasteiger partial charge in [0.25, 0.3) is 11.2 Å².